The van der Waals surface area contributed by atoms with Gasteiger partial charge in [0.1, 0.15) is 0 Å². The Morgan fingerprint density at radius 3 is 2.45 bits per heavy atom. The minimum Gasteiger partial charge on any atom is -0.313 e. The topological polar surface area (TPSA) is 24.9 Å². The van der Waals surface area contributed by atoms with Crippen LogP contribution < -0.4 is 5.32 Å². The summed E-state index contributed by atoms with van der Waals surface area (Å²) in [4.78, 5) is 4.15. The van der Waals surface area contributed by atoms with Gasteiger partial charge in [0, 0.05) is 18.4 Å². The van der Waals surface area contributed by atoms with Crippen molar-refractivity contribution >= 4 is 0 Å². The summed E-state index contributed by atoms with van der Waals surface area (Å²) in [5, 5.41) is 3.83. The molecule has 1 saturated carbocycles. The van der Waals surface area contributed by atoms with Gasteiger partial charge in [-0.3, -0.25) is 4.98 Å². The van der Waals surface area contributed by atoms with Crippen molar-refractivity contribution in [3.63, 3.8) is 0 Å². The van der Waals surface area contributed by atoms with Crippen LogP contribution >= 0.6 is 0 Å². The molecule has 2 nitrogen and oxygen atoms in total. The molecule has 2 rings (SSSR count). The Bertz CT molecular complexity index is 368. The van der Waals surface area contributed by atoms with Crippen molar-refractivity contribution in [1.29, 1.82) is 0 Å². The van der Waals surface area contributed by atoms with Crippen molar-refractivity contribution in [3.8, 4) is 0 Å². The summed E-state index contributed by atoms with van der Waals surface area (Å²) in [5.74, 6) is 2.33. The molecular weight excluding hydrogens is 244 g/mol. The Morgan fingerprint density at radius 2 is 1.85 bits per heavy atom. The molecule has 1 fully saturated rings. The van der Waals surface area contributed by atoms with Crippen LogP contribution in [0.3, 0.4) is 0 Å². The van der Waals surface area contributed by atoms with Crippen LogP contribution in [0.5, 0.6) is 0 Å². The summed E-state index contributed by atoms with van der Waals surface area (Å²) in [6, 6.07) is 4.97. The maximum atomic E-state index is 4.15. The van der Waals surface area contributed by atoms with Crippen LogP contribution in [-0.4, -0.2) is 17.6 Å². The third-order valence-corrected chi connectivity index (χ3v) is 4.97. The average Bonchev–Trinajstić information content (AvgIpc) is 2.50. The molecule has 112 valence electrons. The Kier molecular flexibility index (Phi) is 6.03. The van der Waals surface area contributed by atoms with Gasteiger partial charge >= 0.3 is 0 Å². The van der Waals surface area contributed by atoms with E-state index in [1.807, 2.05) is 12.4 Å². The highest BCUT2D eigenvalue weighted by molar-refractivity contribution is 5.17. The Morgan fingerprint density at radius 1 is 1.20 bits per heavy atom. The van der Waals surface area contributed by atoms with E-state index >= 15 is 0 Å². The summed E-state index contributed by atoms with van der Waals surface area (Å²) in [6.07, 6.45) is 10.6. The van der Waals surface area contributed by atoms with Crippen molar-refractivity contribution in [3.05, 3.63) is 30.1 Å². The van der Waals surface area contributed by atoms with Crippen LogP contribution in [0.4, 0.5) is 0 Å². The molecule has 1 aliphatic carbocycles. The summed E-state index contributed by atoms with van der Waals surface area (Å²) in [5.41, 5.74) is 1.42. The van der Waals surface area contributed by atoms with Gasteiger partial charge in [0.2, 0.25) is 0 Å². The van der Waals surface area contributed by atoms with Crippen LogP contribution in [0.25, 0.3) is 0 Å². The molecule has 0 spiro atoms. The van der Waals surface area contributed by atoms with Gasteiger partial charge in [-0.25, -0.2) is 0 Å². The van der Waals surface area contributed by atoms with Crippen LogP contribution in [0.15, 0.2) is 24.5 Å². The van der Waals surface area contributed by atoms with Crippen molar-refractivity contribution in [2.24, 2.45) is 11.8 Å². The van der Waals surface area contributed by atoms with Gasteiger partial charge in [-0.2, -0.15) is 0 Å². The Balaban J connectivity index is 2.06. The number of pyridine rings is 1. The van der Waals surface area contributed by atoms with Crippen molar-refractivity contribution < 1.29 is 0 Å². The van der Waals surface area contributed by atoms with E-state index in [-0.39, 0.29) is 0 Å². The van der Waals surface area contributed by atoms with E-state index in [0.717, 1.165) is 18.4 Å². The molecule has 2 heteroatoms. The average molecular weight is 274 g/mol. The van der Waals surface area contributed by atoms with E-state index in [1.54, 1.807) is 0 Å². The number of hydrogen-bond acceptors (Lipinski definition) is 2. The van der Waals surface area contributed by atoms with Gasteiger partial charge in [0.25, 0.3) is 0 Å². The van der Waals surface area contributed by atoms with Gasteiger partial charge < -0.3 is 5.32 Å². The highest BCUT2D eigenvalue weighted by Gasteiger charge is 2.30. The molecule has 0 saturated heterocycles. The molecule has 0 aromatic carbocycles. The lowest BCUT2D eigenvalue weighted by Crippen LogP contribution is -2.42. The maximum Gasteiger partial charge on any atom is 0.0270 e. The van der Waals surface area contributed by atoms with E-state index in [9.17, 15) is 0 Å². The lowest BCUT2D eigenvalue weighted by molar-refractivity contribution is 0.213. The first-order chi connectivity index (χ1) is 9.72. The predicted molar refractivity (Wildman–Crippen MR) is 85.9 cm³/mol. The third kappa shape index (κ3) is 4.05. The molecule has 1 aromatic rings. The van der Waals surface area contributed by atoms with Crippen molar-refractivity contribution in [1.82, 2.24) is 10.3 Å². The fourth-order valence-electron chi connectivity index (χ4n) is 3.58. The second-order valence-corrected chi connectivity index (χ2v) is 6.57. The molecular formula is C18H30N2. The van der Waals surface area contributed by atoms with Gasteiger partial charge in [-0.05, 0) is 61.3 Å². The molecule has 0 bridgehead atoms. The first-order valence-corrected chi connectivity index (χ1v) is 8.35. The first-order valence-electron chi connectivity index (χ1n) is 8.35. The zero-order valence-corrected chi connectivity index (χ0v) is 13.3. The van der Waals surface area contributed by atoms with E-state index < -0.39 is 0 Å². The SMILES string of the molecule is CCCNC(C1CCC(C)CC1)C(C)c1ccncc1. The quantitative estimate of drug-likeness (QED) is 0.832. The Labute approximate surface area is 124 Å². The van der Waals surface area contributed by atoms with Gasteiger partial charge in [0.05, 0.1) is 0 Å². The van der Waals surface area contributed by atoms with Gasteiger partial charge in [-0.1, -0.05) is 33.6 Å². The summed E-state index contributed by atoms with van der Waals surface area (Å²) in [7, 11) is 0. The molecule has 2 unspecified atom stereocenters. The molecule has 1 aliphatic rings. The monoisotopic (exact) mass is 274 g/mol. The van der Waals surface area contributed by atoms with E-state index in [2.05, 4.69) is 43.2 Å². The smallest absolute Gasteiger partial charge is 0.0270 e. The van der Waals surface area contributed by atoms with E-state index in [0.29, 0.717) is 12.0 Å². The molecule has 1 aromatic heterocycles. The molecule has 0 aliphatic heterocycles. The molecule has 0 radical (unpaired) electrons. The molecule has 2 atom stereocenters. The first kappa shape index (κ1) is 15.5. The number of aromatic nitrogens is 1. The van der Waals surface area contributed by atoms with Crippen LogP contribution in [0, 0.1) is 11.8 Å². The van der Waals surface area contributed by atoms with Crippen LogP contribution in [0.1, 0.15) is 64.4 Å². The Hall–Kier alpha value is -0.890. The standard InChI is InChI=1S/C18H30N2/c1-4-11-20-18(17-7-5-14(2)6-8-17)15(3)16-9-12-19-13-10-16/h9-10,12-15,17-18,20H,4-8,11H2,1-3H3. The zero-order valence-electron chi connectivity index (χ0n) is 13.3. The lowest BCUT2D eigenvalue weighted by Gasteiger charge is -2.37. The van der Waals surface area contributed by atoms with Crippen LogP contribution in [-0.2, 0) is 0 Å². The van der Waals surface area contributed by atoms with E-state index in [1.165, 1.54) is 37.7 Å². The van der Waals surface area contributed by atoms with Gasteiger partial charge in [0.15, 0.2) is 0 Å². The second-order valence-electron chi connectivity index (χ2n) is 6.57. The highest BCUT2D eigenvalue weighted by atomic mass is 14.9. The maximum absolute atomic E-state index is 4.15. The van der Waals surface area contributed by atoms with E-state index in [4.69, 9.17) is 0 Å². The molecule has 0 amide bonds. The number of nitrogens with zero attached hydrogens (tertiary/aromatic N) is 1. The minimum atomic E-state index is 0.572. The molecule has 1 N–H and O–H groups in total. The summed E-state index contributed by atoms with van der Waals surface area (Å²) >= 11 is 0. The van der Waals surface area contributed by atoms with Crippen molar-refractivity contribution in [2.45, 2.75) is 64.8 Å². The number of nitrogens with one attached hydrogen (secondary N) is 1. The number of hydrogen-bond donors (Lipinski definition) is 1. The summed E-state index contributed by atoms with van der Waals surface area (Å²) < 4.78 is 0. The fraction of sp³-hybridized carbons (Fsp3) is 0.722. The normalized spacial score (nSPS) is 26.1. The number of rotatable bonds is 6. The van der Waals surface area contributed by atoms with Crippen LogP contribution in [0.2, 0.25) is 0 Å². The second kappa shape index (κ2) is 7.78. The van der Waals surface area contributed by atoms with Gasteiger partial charge in [-0.15, -0.1) is 0 Å². The fourth-order valence-corrected chi connectivity index (χ4v) is 3.58. The summed E-state index contributed by atoms with van der Waals surface area (Å²) in [6.45, 7) is 8.16. The molecule has 20 heavy (non-hydrogen) atoms. The molecule has 1 heterocycles. The third-order valence-electron chi connectivity index (χ3n) is 4.97. The van der Waals surface area contributed by atoms with Crippen molar-refractivity contribution in [2.75, 3.05) is 6.54 Å². The minimum absolute atomic E-state index is 0.572. The predicted octanol–water partition coefficient (Wildman–Crippen LogP) is 4.38. The highest BCUT2D eigenvalue weighted by Crippen LogP contribution is 2.35. The zero-order chi connectivity index (χ0) is 14.4. The largest absolute Gasteiger partial charge is 0.313 e. The lowest BCUT2D eigenvalue weighted by atomic mass is 9.74.